The largest absolute Gasteiger partial charge is 0.312 e. The molecule has 3 heteroatoms. The zero-order valence-corrected chi connectivity index (χ0v) is 9.98. The molecule has 0 amide bonds. The Morgan fingerprint density at radius 3 is 3.14 bits per heavy atom. The standard InChI is InChI=1S/C11H22N2S/c1-2-14-9-6-12-10-5-8-13-7-3-4-11(10)13/h10-12H,2-9H2,1H3. The van der Waals surface area contributed by atoms with Gasteiger partial charge in [-0.2, -0.15) is 11.8 Å². The SMILES string of the molecule is CCSCCNC1CCN2CCCC12. The zero-order chi connectivity index (χ0) is 9.80. The van der Waals surface area contributed by atoms with E-state index in [9.17, 15) is 0 Å². The molecule has 2 atom stereocenters. The van der Waals surface area contributed by atoms with E-state index in [4.69, 9.17) is 0 Å². The summed E-state index contributed by atoms with van der Waals surface area (Å²) in [5.74, 6) is 2.53. The highest BCUT2D eigenvalue weighted by Crippen LogP contribution is 2.27. The summed E-state index contributed by atoms with van der Waals surface area (Å²) < 4.78 is 0. The summed E-state index contributed by atoms with van der Waals surface area (Å²) in [5.41, 5.74) is 0. The van der Waals surface area contributed by atoms with E-state index in [2.05, 4.69) is 17.1 Å². The lowest BCUT2D eigenvalue weighted by atomic mass is 10.1. The maximum absolute atomic E-state index is 3.73. The topological polar surface area (TPSA) is 15.3 Å². The van der Waals surface area contributed by atoms with Crippen molar-refractivity contribution < 1.29 is 0 Å². The molecular formula is C11H22N2S. The summed E-state index contributed by atoms with van der Waals surface area (Å²) in [7, 11) is 0. The molecule has 0 aliphatic carbocycles. The van der Waals surface area contributed by atoms with E-state index in [1.165, 1.54) is 50.4 Å². The molecule has 2 nitrogen and oxygen atoms in total. The molecule has 2 rings (SSSR count). The fourth-order valence-corrected chi connectivity index (χ4v) is 3.33. The molecule has 0 bridgehead atoms. The van der Waals surface area contributed by atoms with Gasteiger partial charge >= 0.3 is 0 Å². The van der Waals surface area contributed by atoms with Crippen molar-refractivity contribution in [2.24, 2.45) is 0 Å². The number of fused-ring (bicyclic) bond motifs is 1. The Balaban J connectivity index is 1.66. The molecule has 2 heterocycles. The highest BCUT2D eigenvalue weighted by atomic mass is 32.2. The van der Waals surface area contributed by atoms with Crippen LogP contribution in [0.5, 0.6) is 0 Å². The van der Waals surface area contributed by atoms with Crippen molar-refractivity contribution in [2.45, 2.75) is 38.3 Å². The highest BCUT2D eigenvalue weighted by molar-refractivity contribution is 7.99. The summed E-state index contributed by atoms with van der Waals surface area (Å²) in [6.07, 6.45) is 4.23. The first kappa shape index (κ1) is 10.8. The molecule has 0 aromatic heterocycles. The Kier molecular flexibility index (Phi) is 4.14. The maximum atomic E-state index is 3.73. The molecule has 0 spiro atoms. The van der Waals surface area contributed by atoms with E-state index in [1.54, 1.807) is 0 Å². The van der Waals surface area contributed by atoms with Gasteiger partial charge in [-0.05, 0) is 31.6 Å². The van der Waals surface area contributed by atoms with Gasteiger partial charge in [0.05, 0.1) is 0 Å². The van der Waals surface area contributed by atoms with Gasteiger partial charge in [0, 0.05) is 30.9 Å². The van der Waals surface area contributed by atoms with Crippen LogP contribution in [0.25, 0.3) is 0 Å². The van der Waals surface area contributed by atoms with Gasteiger partial charge in [-0.3, -0.25) is 4.90 Å². The monoisotopic (exact) mass is 214 g/mol. The summed E-state index contributed by atoms with van der Waals surface area (Å²) in [5, 5.41) is 3.73. The number of rotatable bonds is 5. The van der Waals surface area contributed by atoms with Crippen LogP contribution in [0.4, 0.5) is 0 Å². The average Bonchev–Trinajstić information content (AvgIpc) is 2.75. The Morgan fingerprint density at radius 1 is 1.36 bits per heavy atom. The number of nitrogens with one attached hydrogen (secondary N) is 1. The lowest BCUT2D eigenvalue weighted by Gasteiger charge is -2.21. The van der Waals surface area contributed by atoms with Gasteiger partial charge in [0.25, 0.3) is 0 Å². The van der Waals surface area contributed by atoms with Crippen LogP contribution in [0.15, 0.2) is 0 Å². The van der Waals surface area contributed by atoms with Crippen molar-refractivity contribution >= 4 is 11.8 Å². The third-order valence-corrected chi connectivity index (χ3v) is 4.36. The van der Waals surface area contributed by atoms with E-state index in [1.807, 2.05) is 11.8 Å². The molecule has 0 aromatic rings. The number of thioether (sulfide) groups is 1. The van der Waals surface area contributed by atoms with E-state index in [0.717, 1.165) is 12.1 Å². The number of nitrogens with zero attached hydrogens (tertiary/aromatic N) is 1. The molecule has 0 aromatic carbocycles. The Hall–Kier alpha value is 0.270. The van der Waals surface area contributed by atoms with Crippen molar-refractivity contribution in [3.05, 3.63) is 0 Å². The molecule has 2 aliphatic rings. The second kappa shape index (κ2) is 5.38. The van der Waals surface area contributed by atoms with Crippen LogP contribution < -0.4 is 5.32 Å². The van der Waals surface area contributed by atoms with Gasteiger partial charge in [0.2, 0.25) is 0 Å². The van der Waals surface area contributed by atoms with E-state index in [-0.39, 0.29) is 0 Å². The minimum absolute atomic E-state index is 0.801. The molecule has 2 unspecified atom stereocenters. The normalized spacial score (nSPS) is 32.4. The molecule has 2 aliphatic heterocycles. The Bertz CT molecular complexity index is 175. The third-order valence-electron chi connectivity index (χ3n) is 3.46. The second-order valence-corrected chi connectivity index (χ2v) is 5.69. The average molecular weight is 214 g/mol. The lowest BCUT2D eigenvalue weighted by molar-refractivity contribution is 0.301. The predicted molar refractivity (Wildman–Crippen MR) is 64.0 cm³/mol. The first-order valence-electron chi connectivity index (χ1n) is 5.97. The van der Waals surface area contributed by atoms with Gasteiger partial charge in [0.1, 0.15) is 0 Å². The number of hydrogen-bond donors (Lipinski definition) is 1. The molecule has 14 heavy (non-hydrogen) atoms. The first-order valence-corrected chi connectivity index (χ1v) is 7.12. The summed E-state index contributed by atoms with van der Waals surface area (Å²) in [4.78, 5) is 2.67. The second-order valence-electron chi connectivity index (χ2n) is 4.29. The van der Waals surface area contributed by atoms with Gasteiger partial charge < -0.3 is 5.32 Å². The molecule has 82 valence electrons. The van der Waals surface area contributed by atoms with Gasteiger partial charge in [-0.1, -0.05) is 6.92 Å². The molecule has 2 fully saturated rings. The van der Waals surface area contributed by atoms with Crippen LogP contribution in [0.3, 0.4) is 0 Å². The van der Waals surface area contributed by atoms with Crippen LogP contribution >= 0.6 is 11.8 Å². The minimum Gasteiger partial charge on any atom is -0.312 e. The van der Waals surface area contributed by atoms with Crippen LogP contribution in [-0.2, 0) is 0 Å². The smallest absolute Gasteiger partial charge is 0.0250 e. The summed E-state index contributed by atoms with van der Waals surface area (Å²) in [6.45, 7) is 6.13. The van der Waals surface area contributed by atoms with Crippen molar-refractivity contribution in [3.63, 3.8) is 0 Å². The van der Waals surface area contributed by atoms with Gasteiger partial charge in [-0.15, -0.1) is 0 Å². The van der Waals surface area contributed by atoms with Crippen molar-refractivity contribution in [1.29, 1.82) is 0 Å². The van der Waals surface area contributed by atoms with E-state index < -0.39 is 0 Å². The number of hydrogen-bond acceptors (Lipinski definition) is 3. The fraction of sp³-hybridized carbons (Fsp3) is 1.00. The first-order chi connectivity index (χ1) is 6.92. The molecular weight excluding hydrogens is 192 g/mol. The summed E-state index contributed by atoms with van der Waals surface area (Å²) in [6, 6.07) is 1.68. The van der Waals surface area contributed by atoms with E-state index in [0.29, 0.717) is 0 Å². The summed E-state index contributed by atoms with van der Waals surface area (Å²) >= 11 is 2.04. The van der Waals surface area contributed by atoms with Crippen LogP contribution in [0, 0.1) is 0 Å². The van der Waals surface area contributed by atoms with Gasteiger partial charge in [0.15, 0.2) is 0 Å². The fourth-order valence-electron chi connectivity index (χ4n) is 2.78. The Labute approximate surface area is 91.8 Å². The molecule has 1 N–H and O–H groups in total. The minimum atomic E-state index is 0.801. The van der Waals surface area contributed by atoms with Crippen molar-refractivity contribution in [1.82, 2.24) is 10.2 Å². The molecule has 0 radical (unpaired) electrons. The highest BCUT2D eigenvalue weighted by Gasteiger charge is 2.36. The van der Waals surface area contributed by atoms with Crippen molar-refractivity contribution in [3.8, 4) is 0 Å². The predicted octanol–water partition coefficient (Wildman–Crippen LogP) is 1.57. The van der Waals surface area contributed by atoms with Crippen molar-refractivity contribution in [2.75, 3.05) is 31.1 Å². The Morgan fingerprint density at radius 2 is 2.29 bits per heavy atom. The van der Waals surface area contributed by atoms with Gasteiger partial charge in [-0.25, -0.2) is 0 Å². The molecule has 0 saturated carbocycles. The lowest BCUT2D eigenvalue weighted by Crippen LogP contribution is -2.40. The maximum Gasteiger partial charge on any atom is 0.0250 e. The quantitative estimate of drug-likeness (QED) is 0.699. The third kappa shape index (κ3) is 2.44. The van der Waals surface area contributed by atoms with E-state index >= 15 is 0 Å². The zero-order valence-electron chi connectivity index (χ0n) is 9.17. The van der Waals surface area contributed by atoms with Crippen LogP contribution in [-0.4, -0.2) is 48.1 Å². The van der Waals surface area contributed by atoms with Crippen LogP contribution in [0.1, 0.15) is 26.2 Å². The van der Waals surface area contributed by atoms with Crippen LogP contribution in [0.2, 0.25) is 0 Å². The molecule has 2 saturated heterocycles.